The highest BCUT2D eigenvalue weighted by Crippen LogP contribution is 2.25. The summed E-state index contributed by atoms with van der Waals surface area (Å²) in [7, 11) is 0. The molecule has 124 valence electrons. The molecule has 3 N–H and O–H groups in total. The normalized spacial score (nSPS) is 12.4. The molecule has 0 amide bonds. The van der Waals surface area contributed by atoms with Crippen molar-refractivity contribution in [2.45, 2.75) is 19.3 Å². The van der Waals surface area contributed by atoms with Gasteiger partial charge in [-0.05, 0) is 17.7 Å². The molecule has 0 aliphatic rings. The Labute approximate surface area is 132 Å². The molecular formula is C16H18O7. The number of esters is 1. The van der Waals surface area contributed by atoms with Crippen molar-refractivity contribution < 1.29 is 34.4 Å². The third-order valence-electron chi connectivity index (χ3n) is 3.24. The average molecular weight is 322 g/mol. The highest BCUT2D eigenvalue weighted by Gasteiger charge is 2.19. The van der Waals surface area contributed by atoms with Gasteiger partial charge in [-0.15, -0.1) is 0 Å². The molecule has 0 bridgehead atoms. The standard InChI is InChI=1S/C16H18O7/c17-5-3-12(13(9-18)10-19)8-16(22)23-6-4-11-1-2-14(20)15(21)7-11/h1-2,5,7,9-10,12,18,20-21H,3-4,6,8H2/b13-9-/t12-/m0/s1. The first-order chi connectivity index (χ1) is 11.0. The molecule has 1 rings (SSSR count). The predicted molar refractivity (Wildman–Crippen MR) is 80.0 cm³/mol. The fourth-order valence-corrected chi connectivity index (χ4v) is 1.95. The van der Waals surface area contributed by atoms with Gasteiger partial charge in [-0.3, -0.25) is 9.59 Å². The van der Waals surface area contributed by atoms with Crippen molar-refractivity contribution in [1.82, 2.24) is 0 Å². The summed E-state index contributed by atoms with van der Waals surface area (Å²) < 4.78 is 5.01. The highest BCUT2D eigenvalue weighted by atomic mass is 16.5. The zero-order valence-corrected chi connectivity index (χ0v) is 12.3. The molecule has 0 radical (unpaired) electrons. The van der Waals surface area contributed by atoms with E-state index in [4.69, 9.17) is 9.84 Å². The van der Waals surface area contributed by atoms with E-state index in [0.717, 1.165) is 0 Å². The van der Waals surface area contributed by atoms with Crippen LogP contribution in [0.25, 0.3) is 0 Å². The van der Waals surface area contributed by atoms with E-state index < -0.39 is 11.9 Å². The summed E-state index contributed by atoms with van der Waals surface area (Å²) in [4.78, 5) is 33.0. The largest absolute Gasteiger partial charge is 0.515 e. The lowest BCUT2D eigenvalue weighted by atomic mass is 9.94. The van der Waals surface area contributed by atoms with E-state index in [1.807, 2.05) is 0 Å². The van der Waals surface area contributed by atoms with Crippen LogP contribution >= 0.6 is 0 Å². The van der Waals surface area contributed by atoms with Gasteiger partial charge in [0, 0.05) is 24.3 Å². The summed E-state index contributed by atoms with van der Waals surface area (Å²) in [6, 6.07) is 4.27. The molecule has 1 atom stereocenters. The number of aromatic hydroxyl groups is 2. The summed E-state index contributed by atoms with van der Waals surface area (Å²) >= 11 is 0. The Bertz CT molecular complexity index is 592. The molecule has 1 aromatic carbocycles. The van der Waals surface area contributed by atoms with Crippen LogP contribution in [0.3, 0.4) is 0 Å². The second-order valence-electron chi connectivity index (χ2n) is 4.84. The van der Waals surface area contributed by atoms with Crippen molar-refractivity contribution in [2.24, 2.45) is 5.92 Å². The maximum atomic E-state index is 11.7. The van der Waals surface area contributed by atoms with E-state index in [9.17, 15) is 24.6 Å². The van der Waals surface area contributed by atoms with Crippen LogP contribution in [0, 0.1) is 5.92 Å². The lowest BCUT2D eigenvalue weighted by Gasteiger charge is -2.12. The summed E-state index contributed by atoms with van der Waals surface area (Å²) in [5, 5.41) is 27.4. The number of aliphatic hydroxyl groups excluding tert-OH is 1. The van der Waals surface area contributed by atoms with Crippen molar-refractivity contribution in [3.63, 3.8) is 0 Å². The van der Waals surface area contributed by atoms with Gasteiger partial charge in [-0.25, -0.2) is 0 Å². The van der Waals surface area contributed by atoms with Gasteiger partial charge in [0.25, 0.3) is 0 Å². The Morgan fingerprint density at radius 1 is 1.22 bits per heavy atom. The molecule has 0 spiro atoms. The number of benzene rings is 1. The fourth-order valence-electron chi connectivity index (χ4n) is 1.95. The van der Waals surface area contributed by atoms with Crippen molar-refractivity contribution in [2.75, 3.05) is 6.61 Å². The molecule has 0 fully saturated rings. The number of hydrogen-bond donors (Lipinski definition) is 3. The molecule has 0 aromatic heterocycles. The number of phenolic OH excluding ortho intramolecular Hbond substituents is 2. The van der Waals surface area contributed by atoms with Crippen LogP contribution in [0.5, 0.6) is 11.5 Å². The average Bonchev–Trinajstić information content (AvgIpc) is 2.52. The minimum atomic E-state index is -0.722. The van der Waals surface area contributed by atoms with E-state index in [-0.39, 0.29) is 36.5 Å². The van der Waals surface area contributed by atoms with Crippen LogP contribution in [-0.4, -0.2) is 40.5 Å². The smallest absolute Gasteiger partial charge is 0.306 e. The number of phenols is 2. The van der Waals surface area contributed by atoms with Crippen molar-refractivity contribution >= 4 is 18.5 Å². The molecule has 0 aliphatic carbocycles. The molecule has 0 saturated heterocycles. The number of aliphatic hydroxyl groups is 1. The number of carbonyl (C=O) groups is 3. The molecule has 7 nitrogen and oxygen atoms in total. The van der Waals surface area contributed by atoms with Crippen molar-refractivity contribution in [1.29, 1.82) is 0 Å². The molecule has 0 heterocycles. The summed E-state index contributed by atoms with van der Waals surface area (Å²) in [5.74, 6) is -1.83. The first-order valence-electron chi connectivity index (χ1n) is 6.91. The monoisotopic (exact) mass is 322 g/mol. The number of ether oxygens (including phenoxy) is 1. The number of aldehydes is 2. The predicted octanol–water partition coefficient (Wildman–Crippen LogP) is 1.42. The van der Waals surface area contributed by atoms with Crippen LogP contribution in [0.4, 0.5) is 0 Å². The Balaban J connectivity index is 2.50. The Kier molecular flexibility index (Phi) is 7.32. The van der Waals surface area contributed by atoms with Crippen LogP contribution in [-0.2, 0) is 25.5 Å². The number of allylic oxidation sites excluding steroid dienone is 1. The summed E-state index contributed by atoms with van der Waals surface area (Å²) in [6.45, 7) is 0.0378. The first kappa shape index (κ1) is 18.2. The summed E-state index contributed by atoms with van der Waals surface area (Å²) in [5.41, 5.74) is 0.624. The minimum Gasteiger partial charge on any atom is -0.515 e. The lowest BCUT2D eigenvalue weighted by molar-refractivity contribution is -0.144. The molecular weight excluding hydrogens is 304 g/mol. The van der Waals surface area contributed by atoms with E-state index in [1.54, 1.807) is 6.07 Å². The van der Waals surface area contributed by atoms with Crippen LogP contribution in [0.2, 0.25) is 0 Å². The summed E-state index contributed by atoms with van der Waals surface area (Å²) in [6.07, 6.45) is 1.57. The van der Waals surface area contributed by atoms with Gasteiger partial charge < -0.3 is 24.9 Å². The number of carbonyl (C=O) groups excluding carboxylic acids is 3. The van der Waals surface area contributed by atoms with Crippen molar-refractivity contribution in [3.8, 4) is 11.5 Å². The van der Waals surface area contributed by atoms with Crippen LogP contribution < -0.4 is 0 Å². The van der Waals surface area contributed by atoms with E-state index in [0.29, 0.717) is 30.8 Å². The van der Waals surface area contributed by atoms with E-state index in [1.165, 1.54) is 12.1 Å². The fraction of sp³-hybridized carbons (Fsp3) is 0.312. The van der Waals surface area contributed by atoms with Crippen molar-refractivity contribution in [3.05, 3.63) is 35.6 Å². The SMILES string of the molecule is O=CC[C@@H](CC(=O)OCCc1ccc(O)c(O)c1)/C(C=O)=C\O. The Hall–Kier alpha value is -2.83. The second-order valence-corrected chi connectivity index (χ2v) is 4.84. The lowest BCUT2D eigenvalue weighted by Crippen LogP contribution is -2.16. The van der Waals surface area contributed by atoms with Crippen LogP contribution in [0.1, 0.15) is 18.4 Å². The van der Waals surface area contributed by atoms with Gasteiger partial charge in [0.05, 0.1) is 19.3 Å². The molecule has 0 aliphatic heterocycles. The van der Waals surface area contributed by atoms with Crippen LogP contribution in [0.15, 0.2) is 30.0 Å². The minimum absolute atomic E-state index is 0.0378. The van der Waals surface area contributed by atoms with Gasteiger partial charge >= 0.3 is 5.97 Å². The number of rotatable bonds is 9. The second kappa shape index (κ2) is 9.24. The first-order valence-corrected chi connectivity index (χ1v) is 6.91. The van der Waals surface area contributed by atoms with Gasteiger partial charge in [-0.2, -0.15) is 0 Å². The molecule has 1 aromatic rings. The van der Waals surface area contributed by atoms with E-state index >= 15 is 0 Å². The Morgan fingerprint density at radius 2 is 1.96 bits per heavy atom. The quantitative estimate of drug-likeness (QED) is 0.207. The third-order valence-corrected chi connectivity index (χ3v) is 3.24. The molecule has 0 saturated carbocycles. The zero-order chi connectivity index (χ0) is 17.2. The molecule has 0 unspecified atom stereocenters. The van der Waals surface area contributed by atoms with Gasteiger partial charge in [0.1, 0.15) is 12.6 Å². The maximum Gasteiger partial charge on any atom is 0.306 e. The Morgan fingerprint density at radius 3 is 2.52 bits per heavy atom. The van der Waals surface area contributed by atoms with E-state index in [2.05, 4.69) is 0 Å². The van der Waals surface area contributed by atoms with Gasteiger partial charge in [-0.1, -0.05) is 6.07 Å². The zero-order valence-electron chi connectivity index (χ0n) is 12.3. The van der Waals surface area contributed by atoms with Gasteiger partial charge in [0.2, 0.25) is 0 Å². The van der Waals surface area contributed by atoms with Gasteiger partial charge in [0.15, 0.2) is 11.5 Å². The topological polar surface area (TPSA) is 121 Å². The third kappa shape index (κ3) is 5.82. The highest BCUT2D eigenvalue weighted by molar-refractivity contribution is 5.78. The molecule has 7 heteroatoms. The number of hydrogen-bond acceptors (Lipinski definition) is 7. The maximum absolute atomic E-state index is 11.7. The molecule has 23 heavy (non-hydrogen) atoms.